The number of nitrogens with zero attached hydrogens (tertiary/aromatic N) is 2. The fourth-order valence-corrected chi connectivity index (χ4v) is 2.45. The highest BCUT2D eigenvalue weighted by molar-refractivity contribution is 5.26. The Balaban J connectivity index is 1.99. The molecule has 1 heterocycles. The molecule has 1 fully saturated rings. The minimum Gasteiger partial charge on any atom is -0.355 e. The maximum atomic E-state index is 11.7. The van der Waals surface area contributed by atoms with Gasteiger partial charge in [0.25, 0.3) is 5.56 Å². The van der Waals surface area contributed by atoms with Crippen molar-refractivity contribution in [3.63, 3.8) is 0 Å². The van der Waals surface area contributed by atoms with Crippen molar-refractivity contribution in [2.45, 2.75) is 39.0 Å². The summed E-state index contributed by atoms with van der Waals surface area (Å²) in [5, 5.41) is 3.30. The first-order valence-corrected chi connectivity index (χ1v) is 6.45. The quantitative estimate of drug-likeness (QED) is 0.872. The van der Waals surface area contributed by atoms with Gasteiger partial charge in [-0.3, -0.25) is 9.36 Å². The fraction of sp³-hybridized carbons (Fsp3) is 0.692. The van der Waals surface area contributed by atoms with Crippen molar-refractivity contribution in [3.8, 4) is 0 Å². The molecule has 1 N–H and O–H groups in total. The molecule has 1 aromatic rings. The van der Waals surface area contributed by atoms with Crippen LogP contribution in [-0.4, -0.2) is 16.1 Å². The van der Waals surface area contributed by atoms with Gasteiger partial charge in [-0.1, -0.05) is 19.3 Å². The smallest absolute Gasteiger partial charge is 0.257 e. The summed E-state index contributed by atoms with van der Waals surface area (Å²) < 4.78 is 1.60. The van der Waals surface area contributed by atoms with Gasteiger partial charge in [0.2, 0.25) is 5.95 Å². The SMILES string of the molecule is Cc1cnc(NCC2CCCCC2)n(C)c1=O. The van der Waals surface area contributed by atoms with Crippen LogP contribution in [0.1, 0.15) is 37.7 Å². The van der Waals surface area contributed by atoms with Crippen molar-refractivity contribution in [2.24, 2.45) is 13.0 Å². The third-order valence-corrected chi connectivity index (χ3v) is 3.61. The third-order valence-electron chi connectivity index (χ3n) is 3.61. The molecule has 0 amide bonds. The van der Waals surface area contributed by atoms with E-state index in [1.54, 1.807) is 24.7 Å². The summed E-state index contributed by atoms with van der Waals surface area (Å²) in [4.78, 5) is 16.0. The van der Waals surface area contributed by atoms with Gasteiger partial charge in [0.05, 0.1) is 0 Å². The molecule has 1 aromatic heterocycles. The van der Waals surface area contributed by atoms with Crippen molar-refractivity contribution in [2.75, 3.05) is 11.9 Å². The number of nitrogens with one attached hydrogen (secondary N) is 1. The van der Waals surface area contributed by atoms with Crippen LogP contribution >= 0.6 is 0 Å². The van der Waals surface area contributed by atoms with E-state index in [9.17, 15) is 4.79 Å². The molecule has 17 heavy (non-hydrogen) atoms. The Hall–Kier alpha value is -1.32. The molecule has 1 saturated carbocycles. The van der Waals surface area contributed by atoms with E-state index in [0.29, 0.717) is 11.5 Å². The van der Waals surface area contributed by atoms with Crippen LogP contribution in [-0.2, 0) is 7.05 Å². The molecule has 0 spiro atoms. The molecule has 4 heteroatoms. The van der Waals surface area contributed by atoms with Gasteiger partial charge < -0.3 is 5.32 Å². The van der Waals surface area contributed by atoms with Crippen LogP contribution in [0.15, 0.2) is 11.0 Å². The maximum Gasteiger partial charge on any atom is 0.257 e. The van der Waals surface area contributed by atoms with Crippen LogP contribution in [0.5, 0.6) is 0 Å². The van der Waals surface area contributed by atoms with Crippen LogP contribution < -0.4 is 10.9 Å². The first kappa shape index (κ1) is 12.1. The Morgan fingerprint density at radius 1 is 1.41 bits per heavy atom. The summed E-state index contributed by atoms with van der Waals surface area (Å²) in [6.07, 6.45) is 8.29. The van der Waals surface area contributed by atoms with E-state index >= 15 is 0 Å². The zero-order valence-corrected chi connectivity index (χ0v) is 10.7. The molecule has 0 unspecified atom stereocenters. The van der Waals surface area contributed by atoms with E-state index in [1.807, 2.05) is 0 Å². The number of rotatable bonds is 3. The van der Waals surface area contributed by atoms with Crippen LogP contribution in [0.25, 0.3) is 0 Å². The van der Waals surface area contributed by atoms with E-state index in [4.69, 9.17) is 0 Å². The van der Waals surface area contributed by atoms with E-state index in [2.05, 4.69) is 10.3 Å². The first-order valence-electron chi connectivity index (χ1n) is 6.45. The molecule has 0 atom stereocenters. The monoisotopic (exact) mass is 235 g/mol. The zero-order chi connectivity index (χ0) is 12.3. The average Bonchev–Trinajstić information content (AvgIpc) is 2.36. The number of aromatic nitrogens is 2. The van der Waals surface area contributed by atoms with E-state index < -0.39 is 0 Å². The maximum absolute atomic E-state index is 11.7. The molecular formula is C13H21N3O. The van der Waals surface area contributed by atoms with Crippen molar-refractivity contribution in [3.05, 3.63) is 22.1 Å². The molecule has 0 saturated heterocycles. The molecular weight excluding hydrogens is 214 g/mol. The molecule has 0 bridgehead atoms. The Morgan fingerprint density at radius 3 is 2.82 bits per heavy atom. The predicted molar refractivity (Wildman–Crippen MR) is 69.3 cm³/mol. The molecule has 1 aliphatic rings. The van der Waals surface area contributed by atoms with Gasteiger partial charge >= 0.3 is 0 Å². The standard InChI is InChI=1S/C13H21N3O/c1-10-8-14-13(16(2)12(10)17)15-9-11-6-4-3-5-7-11/h8,11H,3-7,9H2,1-2H3,(H,14,15). The largest absolute Gasteiger partial charge is 0.355 e. The van der Waals surface area contributed by atoms with Crippen molar-refractivity contribution < 1.29 is 0 Å². The fourth-order valence-electron chi connectivity index (χ4n) is 2.45. The lowest BCUT2D eigenvalue weighted by Gasteiger charge is -2.22. The number of aryl methyl sites for hydroxylation is 1. The van der Waals surface area contributed by atoms with Crippen LogP contribution in [0.3, 0.4) is 0 Å². The number of hydrogen-bond donors (Lipinski definition) is 1. The highest BCUT2D eigenvalue weighted by Crippen LogP contribution is 2.23. The predicted octanol–water partition coefficient (Wildman–Crippen LogP) is 2.08. The van der Waals surface area contributed by atoms with E-state index in [1.165, 1.54) is 32.1 Å². The minimum atomic E-state index is 0.0335. The minimum absolute atomic E-state index is 0.0335. The summed E-state index contributed by atoms with van der Waals surface area (Å²) in [6, 6.07) is 0. The topological polar surface area (TPSA) is 46.9 Å². The Bertz CT molecular complexity index is 433. The second-order valence-electron chi connectivity index (χ2n) is 5.01. The summed E-state index contributed by atoms with van der Waals surface area (Å²) >= 11 is 0. The normalized spacial score (nSPS) is 17.1. The number of anilines is 1. The van der Waals surface area contributed by atoms with Gasteiger partial charge in [0.1, 0.15) is 0 Å². The van der Waals surface area contributed by atoms with E-state index in [0.717, 1.165) is 12.5 Å². The lowest BCUT2D eigenvalue weighted by atomic mass is 9.89. The lowest BCUT2D eigenvalue weighted by Crippen LogP contribution is -2.26. The highest BCUT2D eigenvalue weighted by atomic mass is 16.1. The van der Waals surface area contributed by atoms with Crippen molar-refractivity contribution >= 4 is 5.95 Å². The van der Waals surface area contributed by atoms with Gasteiger partial charge in [0.15, 0.2) is 0 Å². The van der Waals surface area contributed by atoms with Crippen LogP contribution in [0, 0.1) is 12.8 Å². The van der Waals surface area contributed by atoms with Gasteiger partial charge in [-0.2, -0.15) is 0 Å². The van der Waals surface area contributed by atoms with Crippen LogP contribution in [0.2, 0.25) is 0 Å². The summed E-state index contributed by atoms with van der Waals surface area (Å²) in [5.41, 5.74) is 0.724. The lowest BCUT2D eigenvalue weighted by molar-refractivity contribution is 0.372. The molecule has 94 valence electrons. The summed E-state index contributed by atoms with van der Waals surface area (Å²) in [7, 11) is 1.77. The van der Waals surface area contributed by atoms with Crippen LogP contribution in [0.4, 0.5) is 5.95 Å². The average molecular weight is 235 g/mol. The second kappa shape index (κ2) is 5.34. The Labute approximate surface area is 102 Å². The number of hydrogen-bond acceptors (Lipinski definition) is 3. The van der Waals surface area contributed by atoms with Gasteiger partial charge in [-0.05, 0) is 25.7 Å². The summed E-state index contributed by atoms with van der Waals surface area (Å²) in [5.74, 6) is 1.42. The first-order chi connectivity index (χ1) is 8.18. The molecule has 0 aromatic carbocycles. The Kier molecular flexibility index (Phi) is 3.82. The third kappa shape index (κ3) is 2.87. The molecule has 0 aliphatic heterocycles. The van der Waals surface area contributed by atoms with Gasteiger partial charge in [-0.15, -0.1) is 0 Å². The molecule has 1 aliphatic carbocycles. The highest BCUT2D eigenvalue weighted by Gasteiger charge is 2.13. The summed E-state index contributed by atoms with van der Waals surface area (Å²) in [6.45, 7) is 2.73. The van der Waals surface area contributed by atoms with Crippen molar-refractivity contribution in [1.29, 1.82) is 0 Å². The van der Waals surface area contributed by atoms with Gasteiger partial charge in [0, 0.05) is 25.4 Å². The molecule has 0 radical (unpaired) electrons. The van der Waals surface area contributed by atoms with E-state index in [-0.39, 0.29) is 5.56 Å². The van der Waals surface area contributed by atoms with Crippen molar-refractivity contribution in [1.82, 2.24) is 9.55 Å². The molecule has 4 nitrogen and oxygen atoms in total. The second-order valence-corrected chi connectivity index (χ2v) is 5.01. The Morgan fingerprint density at radius 2 is 2.12 bits per heavy atom. The zero-order valence-electron chi connectivity index (χ0n) is 10.7. The van der Waals surface area contributed by atoms with Gasteiger partial charge in [-0.25, -0.2) is 4.98 Å². The molecule has 2 rings (SSSR count).